The number of hydrogen-bond acceptors (Lipinski definition) is 4. The third-order valence-electron chi connectivity index (χ3n) is 4.16. The van der Waals surface area contributed by atoms with Crippen LogP contribution in [0.3, 0.4) is 0 Å². The monoisotopic (exact) mass is 310 g/mol. The second kappa shape index (κ2) is 6.77. The first-order valence-electron chi connectivity index (χ1n) is 8.14. The molecule has 0 atom stereocenters. The zero-order valence-corrected chi connectivity index (χ0v) is 13.7. The molecule has 5 nitrogen and oxygen atoms in total. The van der Waals surface area contributed by atoms with E-state index in [4.69, 9.17) is 0 Å². The van der Waals surface area contributed by atoms with Crippen LogP contribution in [0.1, 0.15) is 35.8 Å². The number of hydrogen-bond donors (Lipinski definition) is 0. The van der Waals surface area contributed by atoms with Gasteiger partial charge in [-0.15, -0.1) is 0 Å². The first-order chi connectivity index (χ1) is 11.2. The van der Waals surface area contributed by atoms with Crippen molar-refractivity contribution in [3.05, 3.63) is 47.9 Å². The maximum Gasteiger partial charge on any atom is 0.278 e. The quantitative estimate of drug-likeness (QED) is 0.871. The molecule has 0 saturated carbocycles. The Morgan fingerprint density at radius 3 is 2.61 bits per heavy atom. The summed E-state index contributed by atoms with van der Waals surface area (Å²) in [7, 11) is 0. The van der Waals surface area contributed by atoms with Crippen molar-refractivity contribution >= 4 is 17.4 Å². The Hall–Kier alpha value is -2.43. The van der Waals surface area contributed by atoms with E-state index in [2.05, 4.69) is 14.9 Å². The second-order valence-corrected chi connectivity index (χ2v) is 5.84. The van der Waals surface area contributed by atoms with Crippen LogP contribution >= 0.6 is 0 Å². The summed E-state index contributed by atoms with van der Waals surface area (Å²) in [6.07, 6.45) is 5.69. The normalized spacial score (nSPS) is 14.1. The third-order valence-corrected chi connectivity index (χ3v) is 4.16. The molecule has 0 unspecified atom stereocenters. The van der Waals surface area contributed by atoms with Gasteiger partial charge < -0.3 is 9.80 Å². The Morgan fingerprint density at radius 2 is 2.00 bits per heavy atom. The highest BCUT2D eigenvalue weighted by molar-refractivity contribution is 6.04. The number of carbonyl (C=O) groups is 1. The highest BCUT2D eigenvalue weighted by Crippen LogP contribution is 2.19. The molecule has 120 valence electrons. The predicted octanol–water partition coefficient (Wildman–Crippen LogP) is 3.05. The number of amides is 1. The number of nitrogens with zero attached hydrogens (tertiary/aromatic N) is 4. The van der Waals surface area contributed by atoms with Crippen molar-refractivity contribution in [1.29, 1.82) is 0 Å². The average molecular weight is 310 g/mol. The molecule has 1 aliphatic rings. The van der Waals surface area contributed by atoms with E-state index in [1.54, 1.807) is 17.3 Å². The van der Waals surface area contributed by atoms with Gasteiger partial charge in [0.2, 0.25) is 0 Å². The van der Waals surface area contributed by atoms with Crippen molar-refractivity contribution in [2.24, 2.45) is 0 Å². The Kier molecular flexibility index (Phi) is 4.55. The highest BCUT2D eigenvalue weighted by atomic mass is 16.2. The van der Waals surface area contributed by atoms with Gasteiger partial charge >= 0.3 is 0 Å². The van der Waals surface area contributed by atoms with E-state index >= 15 is 0 Å². The summed E-state index contributed by atoms with van der Waals surface area (Å²) in [6.45, 7) is 6.62. The Morgan fingerprint density at radius 1 is 1.22 bits per heavy atom. The van der Waals surface area contributed by atoms with Gasteiger partial charge in [0, 0.05) is 25.3 Å². The molecule has 1 fully saturated rings. The highest BCUT2D eigenvalue weighted by Gasteiger charge is 2.19. The van der Waals surface area contributed by atoms with Gasteiger partial charge in [-0.1, -0.05) is 12.1 Å². The number of aromatic nitrogens is 2. The zero-order valence-electron chi connectivity index (χ0n) is 13.7. The van der Waals surface area contributed by atoms with Crippen molar-refractivity contribution in [2.75, 3.05) is 29.4 Å². The second-order valence-electron chi connectivity index (χ2n) is 5.84. The number of benzene rings is 1. The summed E-state index contributed by atoms with van der Waals surface area (Å²) in [4.78, 5) is 25.4. The molecule has 0 radical (unpaired) electrons. The Bertz CT molecular complexity index is 678. The van der Waals surface area contributed by atoms with E-state index in [1.807, 2.05) is 38.1 Å². The molecule has 5 heteroatoms. The Labute approximate surface area is 137 Å². The fourth-order valence-corrected chi connectivity index (χ4v) is 2.92. The smallest absolute Gasteiger partial charge is 0.278 e. The molecule has 0 spiro atoms. The molecular formula is C18H22N4O. The van der Waals surface area contributed by atoms with Gasteiger partial charge in [0.1, 0.15) is 11.5 Å². The molecule has 3 rings (SSSR count). The summed E-state index contributed by atoms with van der Waals surface area (Å²) >= 11 is 0. The molecule has 2 aromatic rings. The maximum absolute atomic E-state index is 12.7. The molecule has 0 aliphatic carbocycles. The van der Waals surface area contributed by atoms with Crippen LogP contribution in [-0.2, 0) is 0 Å². The minimum atomic E-state index is -0.112. The van der Waals surface area contributed by atoms with Crippen molar-refractivity contribution in [3.63, 3.8) is 0 Å². The van der Waals surface area contributed by atoms with Crippen LogP contribution < -0.4 is 9.80 Å². The van der Waals surface area contributed by atoms with Crippen LogP contribution in [0, 0.1) is 6.92 Å². The van der Waals surface area contributed by atoms with Crippen LogP contribution in [-0.4, -0.2) is 35.5 Å². The summed E-state index contributed by atoms with van der Waals surface area (Å²) in [5.74, 6) is 0.747. The van der Waals surface area contributed by atoms with E-state index in [0.717, 1.165) is 30.2 Å². The van der Waals surface area contributed by atoms with E-state index < -0.39 is 0 Å². The number of anilines is 2. The van der Waals surface area contributed by atoms with E-state index in [9.17, 15) is 4.79 Å². The van der Waals surface area contributed by atoms with Crippen molar-refractivity contribution in [1.82, 2.24) is 9.97 Å². The SMILES string of the molecule is CCN(C(=O)c1cnc(N2CCCC2)cn1)c1cccc(C)c1. The van der Waals surface area contributed by atoms with Gasteiger partial charge in [-0.25, -0.2) is 9.97 Å². The minimum Gasteiger partial charge on any atom is -0.355 e. The van der Waals surface area contributed by atoms with Gasteiger partial charge in [-0.3, -0.25) is 4.79 Å². The fraction of sp³-hybridized carbons (Fsp3) is 0.389. The average Bonchev–Trinajstić information content (AvgIpc) is 3.10. The fourth-order valence-electron chi connectivity index (χ4n) is 2.92. The lowest BCUT2D eigenvalue weighted by molar-refractivity contribution is 0.0983. The lowest BCUT2D eigenvalue weighted by Crippen LogP contribution is -2.31. The van der Waals surface area contributed by atoms with Crippen LogP contribution in [0.5, 0.6) is 0 Å². The van der Waals surface area contributed by atoms with E-state index in [0.29, 0.717) is 12.2 Å². The summed E-state index contributed by atoms with van der Waals surface area (Å²) < 4.78 is 0. The number of aryl methyl sites for hydroxylation is 1. The van der Waals surface area contributed by atoms with Crippen molar-refractivity contribution in [3.8, 4) is 0 Å². The molecular weight excluding hydrogens is 288 g/mol. The molecule has 1 aliphatic heterocycles. The van der Waals surface area contributed by atoms with Crippen LogP contribution in [0.2, 0.25) is 0 Å². The molecule has 2 heterocycles. The Balaban J connectivity index is 1.80. The molecule has 1 aromatic carbocycles. The van der Waals surface area contributed by atoms with Crippen LogP contribution in [0.4, 0.5) is 11.5 Å². The van der Waals surface area contributed by atoms with Gasteiger partial charge in [-0.2, -0.15) is 0 Å². The van der Waals surface area contributed by atoms with E-state index in [1.165, 1.54) is 12.8 Å². The molecule has 1 saturated heterocycles. The van der Waals surface area contributed by atoms with Gasteiger partial charge in [0.25, 0.3) is 5.91 Å². The van der Waals surface area contributed by atoms with Gasteiger partial charge in [-0.05, 0) is 44.4 Å². The summed E-state index contributed by atoms with van der Waals surface area (Å²) in [5, 5.41) is 0. The zero-order chi connectivity index (χ0) is 16.2. The molecule has 1 aromatic heterocycles. The van der Waals surface area contributed by atoms with Crippen LogP contribution in [0.25, 0.3) is 0 Å². The predicted molar refractivity (Wildman–Crippen MR) is 92.0 cm³/mol. The lowest BCUT2D eigenvalue weighted by Gasteiger charge is -2.21. The van der Waals surface area contributed by atoms with Crippen molar-refractivity contribution < 1.29 is 4.79 Å². The number of carbonyl (C=O) groups excluding carboxylic acids is 1. The maximum atomic E-state index is 12.7. The molecule has 23 heavy (non-hydrogen) atoms. The van der Waals surface area contributed by atoms with Crippen molar-refractivity contribution in [2.45, 2.75) is 26.7 Å². The topological polar surface area (TPSA) is 49.3 Å². The van der Waals surface area contributed by atoms with Gasteiger partial charge in [0.15, 0.2) is 0 Å². The molecule has 0 N–H and O–H groups in total. The van der Waals surface area contributed by atoms with E-state index in [-0.39, 0.29) is 5.91 Å². The number of rotatable bonds is 4. The van der Waals surface area contributed by atoms with Gasteiger partial charge in [0.05, 0.1) is 12.4 Å². The standard InChI is InChI=1S/C18H22N4O/c1-3-22(15-8-6-7-14(2)11-15)18(23)16-12-20-17(13-19-16)21-9-4-5-10-21/h6-8,11-13H,3-5,9-10H2,1-2H3. The van der Waals surface area contributed by atoms with Crippen LogP contribution in [0.15, 0.2) is 36.7 Å². The lowest BCUT2D eigenvalue weighted by atomic mass is 10.2. The largest absolute Gasteiger partial charge is 0.355 e. The third kappa shape index (κ3) is 3.33. The molecule has 0 bridgehead atoms. The minimum absolute atomic E-state index is 0.112. The summed E-state index contributed by atoms with van der Waals surface area (Å²) in [6, 6.07) is 7.93. The first-order valence-corrected chi connectivity index (χ1v) is 8.14. The first kappa shape index (κ1) is 15.5. The molecule has 1 amide bonds. The summed E-state index contributed by atoms with van der Waals surface area (Å²) in [5.41, 5.74) is 2.41.